The van der Waals surface area contributed by atoms with Crippen LogP contribution in [0.4, 0.5) is 0 Å². The Morgan fingerprint density at radius 1 is 1.19 bits per heavy atom. The maximum atomic E-state index is 14.1. The van der Waals surface area contributed by atoms with Gasteiger partial charge in [-0.25, -0.2) is 0 Å². The number of hydrogen-bond donors (Lipinski definition) is 2. The molecular weight excluding hydrogens is 398 g/mol. The van der Waals surface area contributed by atoms with Crippen LogP contribution in [0.1, 0.15) is 32.6 Å². The molecule has 0 amide bonds. The van der Waals surface area contributed by atoms with E-state index in [-0.39, 0.29) is 53.3 Å². The summed E-state index contributed by atoms with van der Waals surface area (Å²) in [5.41, 5.74) is -1.84. The number of carbonyl (C=O) groups excluding carboxylic acids is 1. The predicted molar refractivity (Wildman–Crippen MR) is 111 cm³/mol. The topological polar surface area (TPSA) is 88.5 Å². The number of hydrogen-bond acceptors (Lipinski definition) is 7. The van der Waals surface area contributed by atoms with Crippen LogP contribution in [0.2, 0.25) is 0 Å². The molecule has 3 unspecified atom stereocenters. The van der Waals surface area contributed by atoms with Gasteiger partial charge in [0.15, 0.2) is 0 Å². The minimum Gasteiger partial charge on any atom is -0.392 e. The van der Waals surface area contributed by atoms with Gasteiger partial charge < -0.3 is 24.4 Å². The highest BCUT2D eigenvalue weighted by atomic mass is 16.5. The molecular formula is C24H37NO6. The van der Waals surface area contributed by atoms with Crippen molar-refractivity contribution >= 4 is 5.78 Å². The van der Waals surface area contributed by atoms with Crippen LogP contribution in [-0.4, -0.2) is 91.9 Å². The minimum absolute atomic E-state index is 0.0163. The number of Topliss-reactive ketones (excluding diaryl/α,β-unsaturated/α-hetero) is 1. The van der Waals surface area contributed by atoms with E-state index < -0.39 is 17.1 Å². The molecule has 1 saturated heterocycles. The zero-order valence-corrected chi connectivity index (χ0v) is 19.1. The van der Waals surface area contributed by atoms with Gasteiger partial charge in [0.1, 0.15) is 5.78 Å². The fourth-order valence-corrected chi connectivity index (χ4v) is 10.4. The van der Waals surface area contributed by atoms with E-state index in [0.717, 1.165) is 25.9 Å². The highest BCUT2D eigenvalue weighted by Gasteiger charge is 2.86. The van der Waals surface area contributed by atoms with Crippen LogP contribution < -0.4 is 0 Å². The van der Waals surface area contributed by atoms with Crippen LogP contribution in [0.5, 0.6) is 0 Å². The molecule has 6 rings (SSSR count). The summed E-state index contributed by atoms with van der Waals surface area (Å²) in [4.78, 5) is 16.6. The van der Waals surface area contributed by atoms with E-state index in [0.29, 0.717) is 25.2 Å². The monoisotopic (exact) mass is 435 g/mol. The second-order valence-corrected chi connectivity index (χ2v) is 11.4. The summed E-state index contributed by atoms with van der Waals surface area (Å²) in [7, 11) is 5.17. The number of aliphatic hydroxyl groups is 2. The molecule has 1 spiro atoms. The highest BCUT2D eigenvalue weighted by Crippen LogP contribution is 2.78. The summed E-state index contributed by atoms with van der Waals surface area (Å²) in [5.74, 6) is -0.198. The van der Waals surface area contributed by atoms with Gasteiger partial charge in [0.05, 0.1) is 35.9 Å². The average Bonchev–Trinajstić information content (AvgIpc) is 3.16. The molecule has 0 aromatic carbocycles. The lowest BCUT2D eigenvalue weighted by Crippen LogP contribution is -2.75. The molecule has 6 aliphatic rings. The van der Waals surface area contributed by atoms with Crippen molar-refractivity contribution in [3.8, 4) is 0 Å². The van der Waals surface area contributed by atoms with Gasteiger partial charge >= 0.3 is 0 Å². The maximum Gasteiger partial charge on any atom is 0.141 e. The summed E-state index contributed by atoms with van der Waals surface area (Å²) in [6.07, 6.45) is 1.59. The SMILES string of the molecule is CCN1C[C@]2(COC)CCC(=O)C34[C@@H]5C[C@@H]6C(O)[C@@H]5[C@](O)(C[C@@H]6OC)[C@@H](C(OC)[C@@H]32)[C@H]14. The second kappa shape index (κ2) is 6.51. The van der Waals surface area contributed by atoms with Crippen LogP contribution in [0.25, 0.3) is 0 Å². The van der Waals surface area contributed by atoms with Gasteiger partial charge in [0.25, 0.3) is 0 Å². The van der Waals surface area contributed by atoms with E-state index in [4.69, 9.17) is 14.2 Å². The molecule has 7 bridgehead atoms. The normalized spacial score (nSPS) is 59.3. The lowest BCUT2D eigenvalue weighted by molar-refractivity contribution is -0.240. The number of nitrogens with zero attached hydrogens (tertiary/aromatic N) is 1. The van der Waals surface area contributed by atoms with E-state index in [1.54, 1.807) is 21.3 Å². The molecule has 2 N–H and O–H groups in total. The first-order chi connectivity index (χ1) is 14.9. The van der Waals surface area contributed by atoms with Crippen molar-refractivity contribution in [1.29, 1.82) is 0 Å². The summed E-state index contributed by atoms with van der Waals surface area (Å²) in [5, 5.41) is 23.8. The number of rotatable bonds is 5. The van der Waals surface area contributed by atoms with Gasteiger partial charge in [-0.2, -0.15) is 0 Å². The van der Waals surface area contributed by atoms with Gasteiger partial charge in [0.2, 0.25) is 0 Å². The molecule has 0 aromatic rings. The van der Waals surface area contributed by atoms with Gasteiger partial charge in [-0.15, -0.1) is 0 Å². The third-order valence-corrected chi connectivity index (χ3v) is 10.9. The van der Waals surface area contributed by atoms with Crippen molar-refractivity contribution in [2.24, 2.45) is 40.4 Å². The molecule has 174 valence electrons. The number of likely N-dealkylation sites (tertiary alicyclic amines) is 1. The van der Waals surface area contributed by atoms with Gasteiger partial charge in [-0.05, 0) is 25.3 Å². The van der Waals surface area contributed by atoms with Crippen LogP contribution in [0, 0.1) is 40.4 Å². The Labute approximate surface area is 184 Å². The molecule has 0 aromatic heterocycles. The number of methoxy groups -OCH3 is 3. The summed E-state index contributed by atoms with van der Waals surface area (Å²) < 4.78 is 17.9. The predicted octanol–water partition coefficient (Wildman–Crippen LogP) is 0.710. The van der Waals surface area contributed by atoms with Gasteiger partial charge in [-0.1, -0.05) is 6.92 Å². The van der Waals surface area contributed by atoms with E-state index in [9.17, 15) is 15.0 Å². The first kappa shape index (κ1) is 21.0. The number of ketones is 1. The van der Waals surface area contributed by atoms with E-state index in [1.807, 2.05) is 0 Å². The van der Waals surface area contributed by atoms with Crippen molar-refractivity contribution in [1.82, 2.24) is 4.90 Å². The summed E-state index contributed by atoms with van der Waals surface area (Å²) >= 11 is 0. The molecule has 7 heteroatoms. The minimum atomic E-state index is -1.09. The van der Waals surface area contributed by atoms with Gasteiger partial charge in [-0.3, -0.25) is 9.69 Å². The van der Waals surface area contributed by atoms with E-state index in [1.165, 1.54) is 0 Å². The van der Waals surface area contributed by atoms with Crippen LogP contribution in [-0.2, 0) is 19.0 Å². The summed E-state index contributed by atoms with van der Waals surface area (Å²) in [6.45, 7) is 4.47. The second-order valence-electron chi connectivity index (χ2n) is 11.4. The number of piperidine rings is 1. The summed E-state index contributed by atoms with van der Waals surface area (Å²) in [6, 6.07) is -0.0435. The fourth-order valence-electron chi connectivity index (χ4n) is 10.4. The van der Waals surface area contributed by atoms with Gasteiger partial charge in [0, 0.05) is 75.8 Å². The first-order valence-electron chi connectivity index (χ1n) is 12.1. The van der Waals surface area contributed by atoms with Crippen molar-refractivity contribution in [2.45, 2.75) is 62.6 Å². The van der Waals surface area contributed by atoms with E-state index in [2.05, 4.69) is 11.8 Å². The zero-order valence-electron chi connectivity index (χ0n) is 19.1. The van der Waals surface area contributed by atoms with Crippen LogP contribution in [0.15, 0.2) is 0 Å². The standard InChI is InChI=1S/C24H37NO6/c1-5-25-10-22(11-29-2)7-6-15(26)24-13-8-12-14(30-3)9-23(28,16(13)18(12)27)17(21(24)25)19(31-4)20(22)24/h12-14,16-21,27-28H,5-11H2,1-4H3/t12-,13+,14-,16+,17-,18?,19?,20+,21-,22-,23+,24?/m0/s1. The number of ether oxygens (including phenoxy) is 3. The number of aliphatic hydroxyl groups excluding tert-OH is 1. The number of carbonyl (C=O) groups is 1. The Hall–Kier alpha value is -0.570. The van der Waals surface area contributed by atoms with E-state index >= 15 is 0 Å². The molecule has 31 heavy (non-hydrogen) atoms. The van der Waals surface area contributed by atoms with Crippen molar-refractivity contribution in [3.63, 3.8) is 0 Å². The smallest absolute Gasteiger partial charge is 0.141 e. The molecule has 7 nitrogen and oxygen atoms in total. The highest BCUT2D eigenvalue weighted by molar-refractivity contribution is 5.89. The molecule has 5 aliphatic carbocycles. The Kier molecular flexibility index (Phi) is 4.41. The molecule has 0 radical (unpaired) electrons. The lowest BCUT2D eigenvalue weighted by Gasteiger charge is -2.66. The quantitative estimate of drug-likeness (QED) is 0.658. The van der Waals surface area contributed by atoms with Crippen molar-refractivity contribution < 1.29 is 29.2 Å². The Morgan fingerprint density at radius 2 is 1.97 bits per heavy atom. The molecule has 1 heterocycles. The zero-order chi connectivity index (χ0) is 21.9. The molecule has 1 aliphatic heterocycles. The van der Waals surface area contributed by atoms with Crippen LogP contribution >= 0.6 is 0 Å². The Bertz CT molecular complexity index is 792. The average molecular weight is 436 g/mol. The lowest BCUT2D eigenvalue weighted by atomic mass is 9.44. The Morgan fingerprint density at radius 3 is 2.61 bits per heavy atom. The number of fused-ring (bicyclic) bond motifs is 2. The van der Waals surface area contributed by atoms with Crippen molar-refractivity contribution in [3.05, 3.63) is 0 Å². The molecule has 12 atom stereocenters. The third-order valence-electron chi connectivity index (χ3n) is 10.9. The Balaban J connectivity index is 1.63. The first-order valence-corrected chi connectivity index (χ1v) is 12.1. The molecule has 6 fully saturated rings. The maximum absolute atomic E-state index is 14.1. The largest absolute Gasteiger partial charge is 0.392 e. The molecule has 5 saturated carbocycles. The third kappa shape index (κ3) is 2.07. The van der Waals surface area contributed by atoms with Crippen LogP contribution in [0.3, 0.4) is 0 Å². The van der Waals surface area contributed by atoms with Crippen molar-refractivity contribution in [2.75, 3.05) is 41.0 Å². The fraction of sp³-hybridized carbons (Fsp3) is 0.958.